The van der Waals surface area contributed by atoms with Crippen molar-refractivity contribution in [1.29, 1.82) is 0 Å². The maximum atomic E-state index is 12.5. The van der Waals surface area contributed by atoms with E-state index in [1.54, 1.807) is 38.1 Å². The van der Waals surface area contributed by atoms with Crippen LogP contribution in [0.3, 0.4) is 0 Å². The standard InChI is InChI=1S/C17H15BrClNO4/c1-17(2,24-12-6-4-11(18)5-7-12)16(23)20-14-9-10(15(21)22)3-8-13(14)19/h3-9H,1-2H3,(H,20,23)(H,21,22). The van der Waals surface area contributed by atoms with Gasteiger partial charge in [-0.1, -0.05) is 27.5 Å². The first kappa shape index (κ1) is 18.3. The fourth-order valence-electron chi connectivity index (χ4n) is 1.87. The minimum Gasteiger partial charge on any atom is -0.478 e. The highest BCUT2D eigenvalue weighted by Crippen LogP contribution is 2.26. The van der Waals surface area contributed by atoms with Crippen molar-refractivity contribution in [2.75, 3.05) is 5.32 Å². The number of ether oxygens (including phenoxy) is 1. The first-order chi connectivity index (χ1) is 11.2. The van der Waals surface area contributed by atoms with Gasteiger partial charge >= 0.3 is 5.97 Å². The van der Waals surface area contributed by atoms with Crippen molar-refractivity contribution in [3.63, 3.8) is 0 Å². The van der Waals surface area contributed by atoms with E-state index >= 15 is 0 Å². The first-order valence-corrected chi connectivity index (χ1v) is 8.15. The summed E-state index contributed by atoms with van der Waals surface area (Å²) in [7, 11) is 0. The lowest BCUT2D eigenvalue weighted by molar-refractivity contribution is -0.128. The third-order valence-corrected chi connectivity index (χ3v) is 4.05. The Hall–Kier alpha value is -2.05. The molecule has 126 valence electrons. The summed E-state index contributed by atoms with van der Waals surface area (Å²) in [4.78, 5) is 23.5. The van der Waals surface area contributed by atoms with Crippen LogP contribution in [-0.4, -0.2) is 22.6 Å². The van der Waals surface area contributed by atoms with Crippen molar-refractivity contribution >= 4 is 45.1 Å². The molecule has 0 radical (unpaired) electrons. The molecule has 7 heteroatoms. The number of carbonyl (C=O) groups is 2. The van der Waals surface area contributed by atoms with Crippen molar-refractivity contribution < 1.29 is 19.4 Å². The Bertz CT molecular complexity index is 775. The quantitative estimate of drug-likeness (QED) is 0.753. The lowest BCUT2D eigenvalue weighted by atomic mass is 10.1. The van der Waals surface area contributed by atoms with Gasteiger partial charge in [0.2, 0.25) is 0 Å². The molecule has 2 rings (SSSR count). The zero-order valence-corrected chi connectivity index (χ0v) is 15.3. The molecular weight excluding hydrogens is 398 g/mol. The number of anilines is 1. The van der Waals surface area contributed by atoms with Crippen molar-refractivity contribution in [1.82, 2.24) is 0 Å². The molecule has 0 aliphatic carbocycles. The molecule has 0 unspecified atom stereocenters. The molecule has 0 spiro atoms. The predicted octanol–water partition coefficient (Wildman–Crippen LogP) is 4.60. The number of carboxylic acid groups (broad SMARTS) is 1. The highest BCUT2D eigenvalue weighted by Gasteiger charge is 2.30. The maximum absolute atomic E-state index is 12.5. The molecule has 2 N–H and O–H groups in total. The monoisotopic (exact) mass is 411 g/mol. The van der Waals surface area contributed by atoms with Gasteiger partial charge in [0.25, 0.3) is 5.91 Å². The van der Waals surface area contributed by atoms with E-state index in [0.29, 0.717) is 5.75 Å². The molecule has 24 heavy (non-hydrogen) atoms. The molecule has 0 fully saturated rings. The third-order valence-electron chi connectivity index (χ3n) is 3.19. The third kappa shape index (κ3) is 4.49. The lowest BCUT2D eigenvalue weighted by Crippen LogP contribution is -2.42. The molecule has 0 aliphatic heterocycles. The summed E-state index contributed by atoms with van der Waals surface area (Å²) in [5.41, 5.74) is -0.938. The summed E-state index contributed by atoms with van der Waals surface area (Å²) in [6.07, 6.45) is 0. The molecular formula is C17H15BrClNO4. The minimum absolute atomic E-state index is 0.0290. The molecule has 0 saturated heterocycles. The Morgan fingerprint density at radius 2 is 1.79 bits per heavy atom. The number of halogens is 2. The van der Waals surface area contributed by atoms with Gasteiger partial charge in [0.05, 0.1) is 16.3 Å². The largest absolute Gasteiger partial charge is 0.478 e. The van der Waals surface area contributed by atoms with Crippen LogP contribution in [0.15, 0.2) is 46.9 Å². The molecule has 0 heterocycles. The maximum Gasteiger partial charge on any atom is 0.335 e. The molecule has 0 bridgehead atoms. The van der Waals surface area contributed by atoms with E-state index < -0.39 is 17.5 Å². The highest BCUT2D eigenvalue weighted by atomic mass is 79.9. The number of hydrogen-bond donors (Lipinski definition) is 2. The number of rotatable bonds is 5. The Kier molecular flexibility index (Phi) is 5.51. The van der Waals surface area contributed by atoms with Crippen molar-refractivity contribution in [3.05, 3.63) is 57.5 Å². The summed E-state index contributed by atoms with van der Waals surface area (Å²) >= 11 is 9.35. The summed E-state index contributed by atoms with van der Waals surface area (Å²) < 4.78 is 6.61. The second kappa shape index (κ2) is 7.23. The fourth-order valence-corrected chi connectivity index (χ4v) is 2.30. The van der Waals surface area contributed by atoms with Crippen LogP contribution >= 0.6 is 27.5 Å². The molecule has 5 nitrogen and oxygen atoms in total. The van der Waals surface area contributed by atoms with Gasteiger partial charge in [-0.05, 0) is 56.3 Å². The molecule has 1 amide bonds. The van der Waals surface area contributed by atoms with Gasteiger partial charge in [-0.15, -0.1) is 0 Å². The number of carboxylic acids is 1. The number of carbonyl (C=O) groups excluding carboxylic acids is 1. The molecule has 0 atom stereocenters. The SMILES string of the molecule is CC(C)(Oc1ccc(Br)cc1)C(=O)Nc1cc(C(=O)O)ccc1Cl. The Labute approximate surface area is 152 Å². The second-order valence-corrected chi connectivity index (χ2v) is 6.84. The van der Waals surface area contributed by atoms with Crippen LogP contribution in [0.4, 0.5) is 5.69 Å². The van der Waals surface area contributed by atoms with Crippen molar-refractivity contribution in [3.8, 4) is 5.75 Å². The van der Waals surface area contributed by atoms with Crippen molar-refractivity contribution in [2.24, 2.45) is 0 Å². The number of hydrogen-bond acceptors (Lipinski definition) is 3. The topological polar surface area (TPSA) is 75.6 Å². The van der Waals surface area contributed by atoms with Gasteiger partial charge < -0.3 is 15.2 Å². The van der Waals surface area contributed by atoms with Crippen LogP contribution in [0.25, 0.3) is 0 Å². The lowest BCUT2D eigenvalue weighted by Gasteiger charge is -2.25. The Morgan fingerprint density at radius 3 is 2.38 bits per heavy atom. The van der Waals surface area contributed by atoms with Gasteiger partial charge in [0.1, 0.15) is 5.75 Å². The molecule has 2 aromatic carbocycles. The molecule has 0 saturated carbocycles. The summed E-state index contributed by atoms with van der Waals surface area (Å²) in [5, 5.41) is 11.9. The van der Waals surface area contributed by atoms with Crippen LogP contribution in [0.2, 0.25) is 5.02 Å². The van der Waals surface area contributed by atoms with E-state index in [-0.39, 0.29) is 16.3 Å². The highest BCUT2D eigenvalue weighted by molar-refractivity contribution is 9.10. The van der Waals surface area contributed by atoms with Crippen LogP contribution < -0.4 is 10.1 Å². The van der Waals surface area contributed by atoms with Crippen LogP contribution in [0.1, 0.15) is 24.2 Å². The van der Waals surface area contributed by atoms with Gasteiger partial charge in [-0.2, -0.15) is 0 Å². The Balaban J connectivity index is 2.17. The fraction of sp³-hybridized carbons (Fsp3) is 0.176. The smallest absolute Gasteiger partial charge is 0.335 e. The minimum atomic E-state index is -1.18. The number of benzene rings is 2. The first-order valence-electron chi connectivity index (χ1n) is 6.98. The van der Waals surface area contributed by atoms with E-state index in [1.165, 1.54) is 18.2 Å². The summed E-state index contributed by atoms with van der Waals surface area (Å²) in [6, 6.07) is 11.2. The van der Waals surface area contributed by atoms with E-state index in [1.807, 2.05) is 0 Å². The van der Waals surface area contributed by atoms with Gasteiger partial charge in [-0.3, -0.25) is 4.79 Å². The van der Waals surface area contributed by atoms with Crippen molar-refractivity contribution in [2.45, 2.75) is 19.4 Å². The van der Waals surface area contributed by atoms with E-state index in [0.717, 1.165) is 4.47 Å². The second-order valence-electron chi connectivity index (χ2n) is 5.52. The molecule has 0 aliphatic rings. The number of nitrogens with one attached hydrogen (secondary N) is 1. The molecule has 0 aromatic heterocycles. The summed E-state index contributed by atoms with van der Waals surface area (Å²) in [5.74, 6) is -1.02. The van der Waals surface area contributed by atoms with E-state index in [9.17, 15) is 9.59 Å². The van der Waals surface area contributed by atoms with Crippen LogP contribution in [0.5, 0.6) is 5.75 Å². The zero-order chi connectivity index (χ0) is 17.9. The normalized spacial score (nSPS) is 11.0. The van der Waals surface area contributed by atoms with Crippen LogP contribution in [-0.2, 0) is 4.79 Å². The average Bonchev–Trinajstić information content (AvgIpc) is 2.51. The molecule has 2 aromatic rings. The van der Waals surface area contributed by atoms with E-state index in [2.05, 4.69) is 21.2 Å². The Morgan fingerprint density at radius 1 is 1.17 bits per heavy atom. The van der Waals surface area contributed by atoms with Crippen LogP contribution in [0, 0.1) is 0 Å². The predicted molar refractivity (Wildman–Crippen MR) is 95.9 cm³/mol. The zero-order valence-electron chi connectivity index (χ0n) is 13.0. The summed E-state index contributed by atoms with van der Waals surface area (Å²) in [6.45, 7) is 3.22. The number of amides is 1. The number of aromatic carboxylic acids is 1. The van der Waals surface area contributed by atoms with Gasteiger partial charge in [0, 0.05) is 4.47 Å². The average molecular weight is 413 g/mol. The van der Waals surface area contributed by atoms with E-state index in [4.69, 9.17) is 21.4 Å². The van der Waals surface area contributed by atoms with Gasteiger partial charge in [0.15, 0.2) is 5.60 Å². The van der Waals surface area contributed by atoms with Gasteiger partial charge in [-0.25, -0.2) is 4.79 Å².